The van der Waals surface area contributed by atoms with Crippen LogP contribution >= 0.6 is 11.6 Å². The third-order valence-electron chi connectivity index (χ3n) is 1.63. The van der Waals surface area contributed by atoms with Gasteiger partial charge in [0.15, 0.2) is 6.04 Å². The second-order valence-corrected chi connectivity index (χ2v) is 2.91. The number of quaternary nitrogens is 1. The van der Waals surface area contributed by atoms with Crippen molar-refractivity contribution in [3.8, 4) is 0 Å². The summed E-state index contributed by atoms with van der Waals surface area (Å²) in [4.78, 5) is 10.4. The Morgan fingerprint density at radius 3 is 2.69 bits per heavy atom. The summed E-state index contributed by atoms with van der Waals surface area (Å²) in [5.41, 5.74) is 3.11. The van der Waals surface area contributed by atoms with Crippen LogP contribution in [0.1, 0.15) is 11.6 Å². The Morgan fingerprint density at radius 2 is 2.23 bits per heavy atom. The molecule has 0 saturated heterocycles. The minimum absolute atomic E-state index is 0.0456. The lowest BCUT2D eigenvalue weighted by Crippen LogP contribution is -2.61. The SMILES string of the molecule is [NH3+][C@@H](C(=O)[O-])c1c(F)cccc1Cl. The lowest BCUT2D eigenvalue weighted by atomic mass is 10.1. The summed E-state index contributed by atoms with van der Waals surface area (Å²) in [6.07, 6.45) is 0. The van der Waals surface area contributed by atoms with Crippen molar-refractivity contribution in [3.05, 3.63) is 34.6 Å². The number of carbonyl (C=O) groups is 1. The van der Waals surface area contributed by atoms with E-state index >= 15 is 0 Å². The van der Waals surface area contributed by atoms with Crippen LogP contribution in [0.3, 0.4) is 0 Å². The van der Waals surface area contributed by atoms with E-state index in [4.69, 9.17) is 11.6 Å². The fraction of sp³-hybridized carbons (Fsp3) is 0.125. The molecule has 1 aromatic carbocycles. The van der Waals surface area contributed by atoms with Crippen LogP contribution in [0.25, 0.3) is 0 Å². The second kappa shape index (κ2) is 3.72. The van der Waals surface area contributed by atoms with Gasteiger partial charge in [-0.25, -0.2) is 4.39 Å². The van der Waals surface area contributed by atoms with E-state index in [0.29, 0.717) is 0 Å². The maximum absolute atomic E-state index is 13.0. The van der Waals surface area contributed by atoms with E-state index < -0.39 is 17.8 Å². The summed E-state index contributed by atoms with van der Waals surface area (Å²) < 4.78 is 13.0. The number of aliphatic carboxylic acids is 1. The molecule has 0 aliphatic rings. The first-order valence-corrected chi connectivity index (χ1v) is 3.89. The molecule has 0 unspecified atom stereocenters. The van der Waals surface area contributed by atoms with Gasteiger partial charge in [0.25, 0.3) is 0 Å². The molecule has 0 amide bonds. The summed E-state index contributed by atoms with van der Waals surface area (Å²) in [6, 6.07) is 2.64. The van der Waals surface area contributed by atoms with Gasteiger partial charge >= 0.3 is 0 Å². The number of carboxylic acid groups (broad SMARTS) is 1. The zero-order valence-electron chi connectivity index (χ0n) is 6.59. The highest BCUT2D eigenvalue weighted by atomic mass is 35.5. The van der Waals surface area contributed by atoms with Crippen molar-refractivity contribution in [1.82, 2.24) is 0 Å². The minimum Gasteiger partial charge on any atom is -0.544 e. The van der Waals surface area contributed by atoms with E-state index in [0.717, 1.165) is 6.07 Å². The van der Waals surface area contributed by atoms with Gasteiger partial charge in [0.1, 0.15) is 11.8 Å². The van der Waals surface area contributed by atoms with Crippen LogP contribution in [0.5, 0.6) is 0 Å². The number of hydrogen-bond acceptors (Lipinski definition) is 2. The maximum atomic E-state index is 13.0. The minimum atomic E-state index is -1.45. The van der Waals surface area contributed by atoms with Gasteiger partial charge in [-0.15, -0.1) is 0 Å². The van der Waals surface area contributed by atoms with Gasteiger partial charge in [-0.3, -0.25) is 0 Å². The molecule has 0 spiro atoms. The number of carbonyl (C=O) groups excluding carboxylic acids is 1. The Labute approximate surface area is 78.9 Å². The highest BCUT2D eigenvalue weighted by molar-refractivity contribution is 6.31. The summed E-state index contributed by atoms with van der Waals surface area (Å²) in [7, 11) is 0. The van der Waals surface area contributed by atoms with Crippen LogP contribution in [0.2, 0.25) is 5.02 Å². The summed E-state index contributed by atoms with van der Waals surface area (Å²) in [5, 5.41) is 10.5. The zero-order valence-corrected chi connectivity index (χ0v) is 7.34. The molecule has 70 valence electrons. The van der Waals surface area contributed by atoms with Gasteiger partial charge < -0.3 is 15.6 Å². The largest absolute Gasteiger partial charge is 0.544 e. The van der Waals surface area contributed by atoms with Crippen molar-refractivity contribution in [2.45, 2.75) is 6.04 Å². The van der Waals surface area contributed by atoms with Crippen molar-refractivity contribution in [3.63, 3.8) is 0 Å². The molecule has 1 atom stereocenters. The molecule has 0 heterocycles. The van der Waals surface area contributed by atoms with E-state index in [1.54, 1.807) is 0 Å². The van der Waals surface area contributed by atoms with E-state index in [2.05, 4.69) is 5.73 Å². The van der Waals surface area contributed by atoms with Crippen LogP contribution in [0.4, 0.5) is 4.39 Å². The number of halogens is 2. The van der Waals surface area contributed by atoms with Crippen LogP contribution < -0.4 is 10.8 Å². The molecule has 0 aromatic heterocycles. The number of carboxylic acids is 1. The molecule has 0 aliphatic heterocycles. The maximum Gasteiger partial charge on any atom is 0.155 e. The Hall–Kier alpha value is -1.13. The Balaban J connectivity index is 3.20. The van der Waals surface area contributed by atoms with Gasteiger partial charge in [0.05, 0.1) is 10.6 Å². The molecule has 13 heavy (non-hydrogen) atoms. The molecule has 1 aromatic rings. The average molecular weight is 204 g/mol. The summed E-state index contributed by atoms with van der Waals surface area (Å²) >= 11 is 5.60. The predicted molar refractivity (Wildman–Crippen MR) is 42.0 cm³/mol. The molecule has 1 rings (SSSR count). The smallest absolute Gasteiger partial charge is 0.155 e. The van der Waals surface area contributed by atoms with Gasteiger partial charge in [-0.2, -0.15) is 0 Å². The highest BCUT2D eigenvalue weighted by Crippen LogP contribution is 2.22. The van der Waals surface area contributed by atoms with Crippen molar-refractivity contribution in [2.24, 2.45) is 0 Å². The predicted octanol–water partition coefficient (Wildman–Crippen LogP) is -0.488. The third kappa shape index (κ3) is 1.96. The Bertz CT molecular complexity index is 323. The number of benzene rings is 1. The van der Waals surface area contributed by atoms with Gasteiger partial charge in [0, 0.05) is 0 Å². The van der Waals surface area contributed by atoms with E-state index in [1.807, 2.05) is 0 Å². The molecular formula is C8H7ClFNO2. The van der Waals surface area contributed by atoms with Crippen molar-refractivity contribution >= 4 is 17.6 Å². The van der Waals surface area contributed by atoms with Gasteiger partial charge in [-0.05, 0) is 12.1 Å². The second-order valence-electron chi connectivity index (χ2n) is 2.51. The quantitative estimate of drug-likeness (QED) is 0.705. The van der Waals surface area contributed by atoms with Crippen LogP contribution in [-0.2, 0) is 4.79 Å². The zero-order chi connectivity index (χ0) is 10.0. The number of rotatable bonds is 2. The normalized spacial score (nSPS) is 12.5. The molecule has 0 bridgehead atoms. The molecule has 5 heteroatoms. The van der Waals surface area contributed by atoms with E-state index in [9.17, 15) is 14.3 Å². The Morgan fingerprint density at radius 1 is 1.62 bits per heavy atom. The van der Waals surface area contributed by atoms with Gasteiger partial charge in [-0.1, -0.05) is 17.7 Å². The average Bonchev–Trinajstić information content (AvgIpc) is 2.03. The van der Waals surface area contributed by atoms with Crippen molar-refractivity contribution < 1.29 is 20.0 Å². The fourth-order valence-corrected chi connectivity index (χ4v) is 1.26. The van der Waals surface area contributed by atoms with E-state index in [-0.39, 0.29) is 10.6 Å². The molecule has 0 saturated carbocycles. The first kappa shape index (κ1) is 9.95. The van der Waals surface area contributed by atoms with Crippen LogP contribution in [-0.4, -0.2) is 5.97 Å². The molecule has 3 nitrogen and oxygen atoms in total. The van der Waals surface area contributed by atoms with E-state index in [1.165, 1.54) is 12.1 Å². The number of hydrogen-bond donors (Lipinski definition) is 1. The Kier molecular flexibility index (Phi) is 2.85. The monoisotopic (exact) mass is 203 g/mol. The molecule has 0 radical (unpaired) electrons. The topological polar surface area (TPSA) is 67.8 Å². The van der Waals surface area contributed by atoms with Crippen LogP contribution in [0, 0.1) is 5.82 Å². The van der Waals surface area contributed by atoms with Gasteiger partial charge in [0.2, 0.25) is 0 Å². The lowest BCUT2D eigenvalue weighted by molar-refractivity contribution is -0.443. The summed E-state index contributed by atoms with van der Waals surface area (Å²) in [5.74, 6) is -2.14. The molecule has 3 N–H and O–H groups in total. The fourth-order valence-electron chi connectivity index (χ4n) is 0.961. The van der Waals surface area contributed by atoms with Crippen molar-refractivity contribution in [2.75, 3.05) is 0 Å². The lowest BCUT2D eigenvalue weighted by Gasteiger charge is -2.11. The molecular weight excluding hydrogens is 197 g/mol. The molecule has 0 fully saturated rings. The third-order valence-corrected chi connectivity index (χ3v) is 1.96. The standard InChI is InChI=1S/C8H7ClFNO2/c9-4-2-1-3-5(10)6(4)7(11)8(12)13/h1-3,7H,11H2,(H,12,13)/t7-/m1/s1. The first-order valence-electron chi connectivity index (χ1n) is 3.52. The first-order chi connectivity index (χ1) is 6.04. The van der Waals surface area contributed by atoms with Crippen LogP contribution in [0.15, 0.2) is 18.2 Å². The molecule has 0 aliphatic carbocycles. The van der Waals surface area contributed by atoms with Crippen molar-refractivity contribution in [1.29, 1.82) is 0 Å². The highest BCUT2D eigenvalue weighted by Gasteiger charge is 2.18. The summed E-state index contributed by atoms with van der Waals surface area (Å²) in [6.45, 7) is 0.